The molecule has 1 heterocycles. The lowest BCUT2D eigenvalue weighted by atomic mass is 10.2. The quantitative estimate of drug-likeness (QED) is 0.889. The monoisotopic (exact) mass is 288 g/mol. The summed E-state index contributed by atoms with van der Waals surface area (Å²) in [5, 5.41) is 9.92. The average Bonchev–Trinajstić information content (AvgIpc) is 3.12. The Morgan fingerprint density at radius 1 is 1.43 bits per heavy atom. The summed E-state index contributed by atoms with van der Waals surface area (Å²) in [4.78, 5) is 12.3. The number of nitrogens with one attached hydrogen (secondary N) is 2. The molecule has 0 aliphatic heterocycles. The molecule has 5 nitrogen and oxygen atoms in total. The van der Waals surface area contributed by atoms with E-state index in [1.807, 2.05) is 0 Å². The van der Waals surface area contributed by atoms with Crippen LogP contribution in [0.2, 0.25) is 0 Å². The van der Waals surface area contributed by atoms with Crippen LogP contribution >= 0.6 is 0 Å². The largest absolute Gasteiger partial charge is 0.381 e. The van der Waals surface area contributed by atoms with Gasteiger partial charge in [0, 0.05) is 18.4 Å². The van der Waals surface area contributed by atoms with E-state index >= 15 is 0 Å². The molecule has 2 aromatic rings. The van der Waals surface area contributed by atoms with Crippen molar-refractivity contribution in [2.45, 2.75) is 31.8 Å². The standard InChI is InChI=1S/C15H17FN4O/c1-10(20-9-3-8-17-20)15(21)19-14-12(16)4-2-5-13(14)18-11-6-7-11/h2-5,8-11,18H,6-7H2,1H3,(H,19,21). The van der Waals surface area contributed by atoms with Gasteiger partial charge in [-0.25, -0.2) is 4.39 Å². The molecule has 1 aromatic carbocycles. The second-order valence-corrected chi connectivity index (χ2v) is 5.23. The first-order chi connectivity index (χ1) is 10.1. The number of halogens is 1. The van der Waals surface area contributed by atoms with Crippen molar-refractivity contribution in [1.29, 1.82) is 0 Å². The Labute approximate surface area is 122 Å². The van der Waals surface area contributed by atoms with Crippen LogP contribution < -0.4 is 10.6 Å². The molecule has 1 aliphatic carbocycles. The van der Waals surface area contributed by atoms with E-state index in [1.54, 1.807) is 37.5 Å². The second kappa shape index (κ2) is 5.55. The smallest absolute Gasteiger partial charge is 0.249 e. The van der Waals surface area contributed by atoms with Crippen molar-refractivity contribution in [2.75, 3.05) is 10.6 Å². The molecule has 0 saturated heterocycles. The molecule has 6 heteroatoms. The van der Waals surface area contributed by atoms with Crippen LogP contribution in [-0.2, 0) is 4.79 Å². The number of nitrogens with zero attached hydrogens (tertiary/aromatic N) is 2. The van der Waals surface area contributed by atoms with E-state index in [0.29, 0.717) is 11.7 Å². The molecular formula is C15H17FN4O. The average molecular weight is 288 g/mol. The highest BCUT2D eigenvalue weighted by Gasteiger charge is 2.24. The summed E-state index contributed by atoms with van der Waals surface area (Å²) in [5.74, 6) is -0.746. The SMILES string of the molecule is CC(C(=O)Nc1c(F)cccc1NC1CC1)n1cccn1. The van der Waals surface area contributed by atoms with Gasteiger partial charge in [0.05, 0.1) is 5.69 Å². The van der Waals surface area contributed by atoms with Crippen LogP contribution in [0.15, 0.2) is 36.7 Å². The fourth-order valence-electron chi connectivity index (χ4n) is 2.08. The lowest BCUT2D eigenvalue weighted by molar-refractivity contribution is -0.119. The molecule has 3 rings (SSSR count). The van der Waals surface area contributed by atoms with Crippen LogP contribution in [-0.4, -0.2) is 21.7 Å². The van der Waals surface area contributed by atoms with Crippen LogP contribution in [0.25, 0.3) is 0 Å². The zero-order chi connectivity index (χ0) is 14.8. The molecule has 0 spiro atoms. The molecule has 1 amide bonds. The van der Waals surface area contributed by atoms with Crippen molar-refractivity contribution >= 4 is 17.3 Å². The number of hydrogen-bond donors (Lipinski definition) is 2. The first kappa shape index (κ1) is 13.6. The summed E-state index contributed by atoms with van der Waals surface area (Å²) in [7, 11) is 0. The predicted molar refractivity (Wildman–Crippen MR) is 78.6 cm³/mol. The Balaban J connectivity index is 1.78. The van der Waals surface area contributed by atoms with E-state index in [9.17, 15) is 9.18 Å². The number of amides is 1. The molecule has 1 aromatic heterocycles. The minimum Gasteiger partial charge on any atom is -0.381 e. The van der Waals surface area contributed by atoms with Gasteiger partial charge in [-0.3, -0.25) is 9.48 Å². The van der Waals surface area contributed by atoms with Crippen LogP contribution in [0.3, 0.4) is 0 Å². The number of benzene rings is 1. The maximum absolute atomic E-state index is 14.0. The molecule has 2 N–H and O–H groups in total. The Kier molecular flexibility index (Phi) is 3.60. The van der Waals surface area contributed by atoms with E-state index in [0.717, 1.165) is 12.8 Å². The van der Waals surface area contributed by atoms with Gasteiger partial charge in [-0.05, 0) is 38.0 Å². The lowest BCUT2D eigenvalue weighted by Gasteiger charge is -2.16. The van der Waals surface area contributed by atoms with E-state index in [4.69, 9.17) is 0 Å². The number of anilines is 2. The van der Waals surface area contributed by atoms with E-state index < -0.39 is 11.9 Å². The van der Waals surface area contributed by atoms with Gasteiger partial charge < -0.3 is 10.6 Å². The van der Waals surface area contributed by atoms with Gasteiger partial charge in [-0.1, -0.05) is 6.07 Å². The lowest BCUT2D eigenvalue weighted by Crippen LogP contribution is -2.25. The summed E-state index contributed by atoms with van der Waals surface area (Å²) in [6.07, 6.45) is 5.46. The first-order valence-corrected chi connectivity index (χ1v) is 7.00. The predicted octanol–water partition coefficient (Wildman–Crippen LogP) is 2.80. The van der Waals surface area contributed by atoms with Gasteiger partial charge in [-0.2, -0.15) is 5.10 Å². The van der Waals surface area contributed by atoms with Gasteiger partial charge in [0.2, 0.25) is 5.91 Å². The second-order valence-electron chi connectivity index (χ2n) is 5.23. The Bertz CT molecular complexity index is 637. The van der Waals surface area contributed by atoms with Crippen molar-refractivity contribution in [1.82, 2.24) is 9.78 Å². The highest BCUT2D eigenvalue weighted by atomic mass is 19.1. The van der Waals surface area contributed by atoms with E-state index in [-0.39, 0.29) is 11.6 Å². The van der Waals surface area contributed by atoms with Gasteiger partial charge in [-0.15, -0.1) is 0 Å². The van der Waals surface area contributed by atoms with Gasteiger partial charge in [0.15, 0.2) is 0 Å². The number of para-hydroxylation sites is 1. The Morgan fingerprint density at radius 2 is 2.24 bits per heavy atom. The Hall–Kier alpha value is -2.37. The summed E-state index contributed by atoms with van der Waals surface area (Å²) in [6, 6.07) is 6.36. The maximum atomic E-state index is 14.0. The first-order valence-electron chi connectivity index (χ1n) is 7.00. The van der Waals surface area contributed by atoms with Crippen LogP contribution in [0.1, 0.15) is 25.8 Å². The molecule has 0 radical (unpaired) electrons. The maximum Gasteiger partial charge on any atom is 0.249 e. The van der Waals surface area contributed by atoms with Crippen molar-refractivity contribution in [3.8, 4) is 0 Å². The minimum absolute atomic E-state index is 0.202. The highest BCUT2D eigenvalue weighted by Crippen LogP contribution is 2.31. The number of hydrogen-bond acceptors (Lipinski definition) is 3. The molecular weight excluding hydrogens is 271 g/mol. The fraction of sp³-hybridized carbons (Fsp3) is 0.333. The number of carbonyl (C=O) groups excluding carboxylic acids is 1. The molecule has 1 saturated carbocycles. The number of carbonyl (C=O) groups is 1. The van der Waals surface area contributed by atoms with Gasteiger partial charge in [0.1, 0.15) is 17.5 Å². The zero-order valence-electron chi connectivity index (χ0n) is 11.7. The van der Waals surface area contributed by atoms with Gasteiger partial charge in [0.25, 0.3) is 0 Å². The van der Waals surface area contributed by atoms with Crippen molar-refractivity contribution in [3.63, 3.8) is 0 Å². The van der Waals surface area contributed by atoms with Crippen LogP contribution in [0, 0.1) is 5.82 Å². The third kappa shape index (κ3) is 3.04. The summed E-state index contributed by atoms with van der Waals surface area (Å²) in [5.41, 5.74) is 0.826. The molecule has 1 fully saturated rings. The summed E-state index contributed by atoms with van der Waals surface area (Å²) in [6.45, 7) is 1.72. The van der Waals surface area contributed by atoms with Crippen molar-refractivity contribution in [2.24, 2.45) is 0 Å². The molecule has 110 valence electrons. The Morgan fingerprint density at radius 3 is 2.90 bits per heavy atom. The number of aromatic nitrogens is 2. The van der Waals surface area contributed by atoms with Crippen molar-refractivity contribution < 1.29 is 9.18 Å². The minimum atomic E-state index is -0.506. The van der Waals surface area contributed by atoms with E-state index in [2.05, 4.69) is 15.7 Å². The summed E-state index contributed by atoms with van der Waals surface area (Å²) >= 11 is 0. The molecule has 1 atom stereocenters. The van der Waals surface area contributed by atoms with Gasteiger partial charge >= 0.3 is 0 Å². The third-order valence-electron chi connectivity index (χ3n) is 3.50. The topological polar surface area (TPSA) is 59.0 Å². The molecule has 1 aliphatic rings. The summed E-state index contributed by atoms with van der Waals surface area (Å²) < 4.78 is 15.5. The van der Waals surface area contributed by atoms with E-state index in [1.165, 1.54) is 10.7 Å². The zero-order valence-corrected chi connectivity index (χ0v) is 11.7. The molecule has 1 unspecified atom stereocenters. The van der Waals surface area contributed by atoms with Crippen LogP contribution in [0.5, 0.6) is 0 Å². The fourth-order valence-corrected chi connectivity index (χ4v) is 2.08. The molecule has 0 bridgehead atoms. The number of rotatable bonds is 5. The normalized spacial score (nSPS) is 15.5. The third-order valence-corrected chi connectivity index (χ3v) is 3.50. The van der Waals surface area contributed by atoms with Crippen molar-refractivity contribution in [3.05, 3.63) is 42.5 Å². The van der Waals surface area contributed by atoms with Crippen LogP contribution in [0.4, 0.5) is 15.8 Å². The highest BCUT2D eigenvalue weighted by molar-refractivity contribution is 5.96. The molecule has 21 heavy (non-hydrogen) atoms.